The lowest BCUT2D eigenvalue weighted by molar-refractivity contribution is -0.150. The Labute approximate surface area is 191 Å². The van der Waals surface area contributed by atoms with Gasteiger partial charge in [0.15, 0.2) is 6.61 Å². The van der Waals surface area contributed by atoms with E-state index in [9.17, 15) is 23.6 Å². The molecule has 3 amide bonds. The van der Waals surface area contributed by atoms with Gasteiger partial charge < -0.3 is 21.1 Å². The summed E-state index contributed by atoms with van der Waals surface area (Å²) in [6, 6.07) is 13.2. The van der Waals surface area contributed by atoms with Gasteiger partial charge in [0.1, 0.15) is 11.9 Å². The average molecular weight is 458 g/mol. The molecule has 9 heteroatoms. The number of nitrogens with two attached hydrogens (primary N) is 1. The van der Waals surface area contributed by atoms with Crippen molar-refractivity contribution in [2.45, 2.75) is 44.7 Å². The third-order valence-corrected chi connectivity index (χ3v) is 4.84. The van der Waals surface area contributed by atoms with E-state index in [-0.39, 0.29) is 24.4 Å². The first kappa shape index (κ1) is 25.5. The van der Waals surface area contributed by atoms with Gasteiger partial charge in [-0.05, 0) is 56.0 Å². The molecule has 4 N–H and O–H groups in total. The number of aryl methyl sites for hydroxylation is 1. The van der Waals surface area contributed by atoms with Crippen molar-refractivity contribution in [3.05, 3.63) is 71.5 Å². The molecule has 2 atom stereocenters. The number of esters is 1. The molecule has 0 saturated carbocycles. The van der Waals surface area contributed by atoms with Crippen LogP contribution in [0.4, 0.5) is 4.39 Å². The molecule has 0 aliphatic carbocycles. The summed E-state index contributed by atoms with van der Waals surface area (Å²) < 4.78 is 18.1. The molecule has 0 saturated heterocycles. The Morgan fingerprint density at radius 1 is 0.970 bits per heavy atom. The summed E-state index contributed by atoms with van der Waals surface area (Å²) in [6.07, 6.45) is 1.22. The van der Waals surface area contributed by atoms with E-state index in [1.165, 1.54) is 12.1 Å². The maximum Gasteiger partial charge on any atom is 0.329 e. The van der Waals surface area contributed by atoms with Crippen LogP contribution in [0.15, 0.2) is 54.6 Å². The topological polar surface area (TPSA) is 128 Å². The standard InChI is InChI=1S/C24H28FN3O5/c1-16(7-8-17-5-3-2-4-6-17)27-22(30)15-33-24(32)20(13-14-21(26)29)28-23(31)18-9-11-19(25)12-10-18/h2-6,9-12,16,20H,7-8,13-15H2,1H3,(H2,26,29)(H,27,30)(H,28,31)/t16-,20-/m1/s1. The van der Waals surface area contributed by atoms with Crippen molar-refractivity contribution >= 4 is 23.7 Å². The van der Waals surface area contributed by atoms with Gasteiger partial charge in [-0.1, -0.05) is 30.3 Å². The van der Waals surface area contributed by atoms with Crippen LogP contribution in [-0.4, -0.2) is 42.4 Å². The van der Waals surface area contributed by atoms with Crippen LogP contribution < -0.4 is 16.4 Å². The van der Waals surface area contributed by atoms with Crippen molar-refractivity contribution in [1.29, 1.82) is 0 Å². The minimum atomic E-state index is -1.20. The largest absolute Gasteiger partial charge is 0.454 e. The minimum absolute atomic E-state index is 0.101. The van der Waals surface area contributed by atoms with Crippen LogP contribution in [0.1, 0.15) is 42.1 Å². The quantitative estimate of drug-likeness (QED) is 0.419. The van der Waals surface area contributed by atoms with Crippen molar-refractivity contribution in [3.8, 4) is 0 Å². The Hall–Kier alpha value is -3.75. The predicted octanol–water partition coefficient (Wildman–Crippen LogP) is 1.87. The van der Waals surface area contributed by atoms with E-state index in [4.69, 9.17) is 10.5 Å². The van der Waals surface area contributed by atoms with Crippen molar-refractivity contribution in [2.24, 2.45) is 5.73 Å². The number of benzene rings is 2. The van der Waals surface area contributed by atoms with E-state index in [2.05, 4.69) is 10.6 Å². The third-order valence-electron chi connectivity index (χ3n) is 4.84. The molecule has 2 rings (SSSR count). The number of primary amides is 1. The summed E-state index contributed by atoms with van der Waals surface area (Å²) in [4.78, 5) is 48.1. The van der Waals surface area contributed by atoms with Crippen LogP contribution in [0.5, 0.6) is 0 Å². The molecular weight excluding hydrogens is 429 g/mol. The van der Waals surface area contributed by atoms with E-state index in [1.807, 2.05) is 37.3 Å². The smallest absolute Gasteiger partial charge is 0.329 e. The fourth-order valence-corrected chi connectivity index (χ4v) is 3.03. The highest BCUT2D eigenvalue weighted by Crippen LogP contribution is 2.07. The highest BCUT2D eigenvalue weighted by molar-refractivity contribution is 5.97. The molecular formula is C24H28FN3O5. The van der Waals surface area contributed by atoms with Crippen LogP contribution in [0.25, 0.3) is 0 Å². The second-order valence-corrected chi connectivity index (χ2v) is 7.64. The summed E-state index contributed by atoms with van der Waals surface area (Å²) in [7, 11) is 0. The summed E-state index contributed by atoms with van der Waals surface area (Å²) in [5.74, 6) is -3.18. The van der Waals surface area contributed by atoms with E-state index in [1.54, 1.807) is 0 Å². The van der Waals surface area contributed by atoms with Gasteiger partial charge >= 0.3 is 5.97 Å². The lowest BCUT2D eigenvalue weighted by Gasteiger charge is -2.18. The van der Waals surface area contributed by atoms with E-state index >= 15 is 0 Å². The van der Waals surface area contributed by atoms with Crippen molar-refractivity contribution in [3.63, 3.8) is 0 Å². The molecule has 0 unspecified atom stereocenters. The Morgan fingerprint density at radius 2 is 1.64 bits per heavy atom. The summed E-state index contributed by atoms with van der Waals surface area (Å²) in [5.41, 5.74) is 6.41. The molecule has 33 heavy (non-hydrogen) atoms. The zero-order valence-electron chi connectivity index (χ0n) is 18.4. The van der Waals surface area contributed by atoms with Gasteiger partial charge in [0.05, 0.1) is 0 Å². The average Bonchev–Trinajstić information content (AvgIpc) is 2.79. The van der Waals surface area contributed by atoms with Gasteiger partial charge in [0.2, 0.25) is 5.91 Å². The highest BCUT2D eigenvalue weighted by Gasteiger charge is 2.24. The Bertz CT molecular complexity index is 950. The van der Waals surface area contributed by atoms with Crippen LogP contribution in [0.3, 0.4) is 0 Å². The van der Waals surface area contributed by atoms with Crippen molar-refractivity contribution in [2.75, 3.05) is 6.61 Å². The zero-order chi connectivity index (χ0) is 24.2. The molecule has 8 nitrogen and oxygen atoms in total. The van der Waals surface area contributed by atoms with Crippen molar-refractivity contribution in [1.82, 2.24) is 10.6 Å². The number of rotatable bonds is 12. The molecule has 0 aliphatic heterocycles. The molecule has 176 valence electrons. The minimum Gasteiger partial charge on any atom is -0.454 e. The number of hydrogen-bond acceptors (Lipinski definition) is 5. The summed E-state index contributed by atoms with van der Waals surface area (Å²) in [5, 5.41) is 5.19. The van der Waals surface area contributed by atoms with Gasteiger partial charge in [-0.3, -0.25) is 14.4 Å². The van der Waals surface area contributed by atoms with Crippen LogP contribution >= 0.6 is 0 Å². The van der Waals surface area contributed by atoms with Gasteiger partial charge in [-0.15, -0.1) is 0 Å². The molecule has 0 spiro atoms. The Kier molecular flexibility index (Phi) is 10.0. The van der Waals surface area contributed by atoms with Crippen LogP contribution in [0, 0.1) is 5.82 Å². The molecule has 0 aromatic heterocycles. The number of hydrogen-bond donors (Lipinski definition) is 3. The zero-order valence-corrected chi connectivity index (χ0v) is 18.4. The second kappa shape index (κ2) is 12.9. The maximum absolute atomic E-state index is 13.1. The lowest BCUT2D eigenvalue weighted by atomic mass is 10.1. The van der Waals surface area contributed by atoms with E-state index in [0.29, 0.717) is 6.42 Å². The molecule has 0 radical (unpaired) electrons. The number of carbonyl (C=O) groups excluding carboxylic acids is 4. The van der Waals surface area contributed by atoms with Crippen LogP contribution in [0.2, 0.25) is 0 Å². The predicted molar refractivity (Wildman–Crippen MR) is 119 cm³/mol. The first-order valence-electron chi connectivity index (χ1n) is 10.6. The molecule has 2 aromatic carbocycles. The fraction of sp³-hybridized carbons (Fsp3) is 0.333. The van der Waals surface area contributed by atoms with E-state index < -0.39 is 42.2 Å². The number of nitrogens with one attached hydrogen (secondary N) is 2. The Balaban J connectivity index is 1.84. The van der Waals surface area contributed by atoms with Crippen LogP contribution in [-0.2, 0) is 25.5 Å². The first-order chi connectivity index (χ1) is 15.7. The third kappa shape index (κ3) is 9.51. The molecule has 2 aromatic rings. The molecule has 0 aliphatic rings. The van der Waals surface area contributed by atoms with Gasteiger partial charge in [0, 0.05) is 18.0 Å². The van der Waals surface area contributed by atoms with Crippen molar-refractivity contribution < 1.29 is 28.3 Å². The first-order valence-corrected chi connectivity index (χ1v) is 10.6. The number of amides is 3. The van der Waals surface area contributed by atoms with Gasteiger partial charge in [-0.2, -0.15) is 0 Å². The molecule has 0 heterocycles. The molecule has 0 bridgehead atoms. The fourth-order valence-electron chi connectivity index (χ4n) is 3.03. The number of halogens is 1. The maximum atomic E-state index is 13.1. The molecule has 0 fully saturated rings. The van der Waals surface area contributed by atoms with Gasteiger partial charge in [0.25, 0.3) is 11.8 Å². The second-order valence-electron chi connectivity index (χ2n) is 7.64. The monoisotopic (exact) mass is 457 g/mol. The highest BCUT2D eigenvalue weighted by atomic mass is 19.1. The van der Waals surface area contributed by atoms with E-state index in [0.717, 1.165) is 24.1 Å². The SMILES string of the molecule is C[C@H](CCc1ccccc1)NC(=O)COC(=O)[C@@H](CCC(N)=O)NC(=O)c1ccc(F)cc1. The lowest BCUT2D eigenvalue weighted by Crippen LogP contribution is -2.44. The Morgan fingerprint density at radius 3 is 2.27 bits per heavy atom. The number of carbonyl (C=O) groups is 4. The number of ether oxygens (including phenoxy) is 1. The van der Waals surface area contributed by atoms with Gasteiger partial charge in [-0.25, -0.2) is 9.18 Å². The summed E-state index contributed by atoms with van der Waals surface area (Å²) in [6.45, 7) is 1.31. The normalized spacial score (nSPS) is 12.3. The summed E-state index contributed by atoms with van der Waals surface area (Å²) >= 11 is 0.